The first-order chi connectivity index (χ1) is 30.5. The minimum absolute atomic E-state index is 0.276. The van der Waals surface area contributed by atoms with Gasteiger partial charge in [-0.2, -0.15) is 0 Å². The van der Waals surface area contributed by atoms with Crippen molar-refractivity contribution >= 4 is 52.5 Å². The van der Waals surface area contributed by atoms with Gasteiger partial charge in [-0.25, -0.2) is 0 Å². The molecule has 6 amide bonds. The second kappa shape index (κ2) is 20.5. The average Bonchev–Trinajstić information content (AvgIpc) is 4.01. The van der Waals surface area contributed by atoms with Crippen LogP contribution in [-0.4, -0.2) is 70.4 Å². The van der Waals surface area contributed by atoms with E-state index in [1.54, 1.807) is 34.1 Å². The highest BCUT2D eigenvalue weighted by Crippen LogP contribution is 2.28. The molecular weight excluding hydrogens is 795 g/mol. The van der Waals surface area contributed by atoms with E-state index in [9.17, 15) is 28.8 Å². The van der Waals surface area contributed by atoms with Gasteiger partial charge in [0.1, 0.15) is 24.2 Å². The van der Waals surface area contributed by atoms with Crippen LogP contribution >= 0.6 is 0 Å². The summed E-state index contributed by atoms with van der Waals surface area (Å²) < 4.78 is 0. The van der Waals surface area contributed by atoms with Crippen molar-refractivity contribution in [2.45, 2.75) is 76.8 Å². The Hall–Kier alpha value is -7.28. The predicted molar refractivity (Wildman–Crippen MR) is 242 cm³/mol. The van der Waals surface area contributed by atoms with Crippen molar-refractivity contribution in [3.8, 4) is 0 Å². The van der Waals surface area contributed by atoms with Crippen molar-refractivity contribution in [1.82, 2.24) is 20.4 Å². The number of hydrogen-bond donors (Lipinski definition) is 4. The molecule has 0 bridgehead atoms. The summed E-state index contributed by atoms with van der Waals surface area (Å²) in [6, 6.07) is 40.4. The molecule has 4 N–H and O–H groups in total. The van der Waals surface area contributed by atoms with Gasteiger partial charge in [-0.05, 0) is 84.3 Å². The maximum atomic E-state index is 13.8. The molecule has 0 aromatic heterocycles. The Bertz CT molecular complexity index is 2230. The minimum Gasteiger partial charge on any atom is -0.363 e. The van der Waals surface area contributed by atoms with E-state index in [-0.39, 0.29) is 35.4 Å². The van der Waals surface area contributed by atoms with Crippen molar-refractivity contribution in [1.29, 1.82) is 0 Å². The van der Waals surface area contributed by atoms with Gasteiger partial charge in [-0.3, -0.25) is 28.8 Å². The highest BCUT2D eigenvalue weighted by Gasteiger charge is 2.39. The Morgan fingerprint density at radius 3 is 1.25 bits per heavy atom. The molecule has 63 heavy (non-hydrogen) atoms. The van der Waals surface area contributed by atoms with Crippen molar-refractivity contribution in [2.24, 2.45) is 0 Å². The number of hydrogen-bond acceptors (Lipinski definition) is 7. The number of carbonyl (C=O) groups is 6. The third-order valence-electron chi connectivity index (χ3n) is 11.4. The summed E-state index contributed by atoms with van der Waals surface area (Å²) in [6.07, 6.45) is 2.40. The van der Waals surface area contributed by atoms with Crippen LogP contribution in [-0.2, 0) is 41.9 Å². The fourth-order valence-electron chi connectivity index (χ4n) is 8.37. The van der Waals surface area contributed by atoms with E-state index >= 15 is 0 Å². The Labute approximate surface area is 367 Å². The number of carbonyl (C=O) groups excluding carboxylic acids is 6. The Balaban J connectivity index is 0.971. The Morgan fingerprint density at radius 1 is 0.524 bits per heavy atom. The highest BCUT2D eigenvalue weighted by molar-refractivity contribution is 6.00. The van der Waals surface area contributed by atoms with Gasteiger partial charge in [0.05, 0.1) is 0 Å². The van der Waals surface area contributed by atoms with Crippen LogP contribution in [0.4, 0.5) is 17.1 Å². The Kier molecular flexibility index (Phi) is 14.3. The SMILES string of the molecule is CC(=O)NC(C(=O)N1CCCC1C(=O)Nc1ccc(CN(Cc2ccc(NC(=O)C3CCCN3C(=O)C(NC(C)=O)c3ccccc3)cc2)c2ccccc2)cc1)c1ccccc1. The quantitative estimate of drug-likeness (QED) is 0.0936. The molecule has 7 rings (SSSR count). The molecule has 0 aliphatic carbocycles. The van der Waals surface area contributed by atoms with Crippen LogP contribution in [0.25, 0.3) is 0 Å². The fourth-order valence-corrected chi connectivity index (χ4v) is 8.37. The molecule has 2 saturated heterocycles. The molecule has 5 aromatic carbocycles. The number of nitrogens with zero attached hydrogens (tertiary/aromatic N) is 3. The first-order valence-corrected chi connectivity index (χ1v) is 21.4. The summed E-state index contributed by atoms with van der Waals surface area (Å²) in [5.41, 5.74) is 5.60. The van der Waals surface area contributed by atoms with E-state index in [4.69, 9.17) is 0 Å². The molecule has 0 spiro atoms. The normalized spacial score (nSPS) is 16.7. The second-order valence-electron chi connectivity index (χ2n) is 16.0. The molecule has 324 valence electrons. The lowest BCUT2D eigenvalue weighted by molar-refractivity contribution is -0.140. The molecule has 2 heterocycles. The van der Waals surface area contributed by atoms with Gasteiger partial charge >= 0.3 is 0 Å². The predicted octanol–water partition coefficient (Wildman–Crippen LogP) is 6.51. The maximum absolute atomic E-state index is 13.8. The van der Waals surface area contributed by atoms with Crippen LogP contribution < -0.4 is 26.2 Å². The first kappa shape index (κ1) is 43.8. The van der Waals surface area contributed by atoms with Crippen LogP contribution in [0.5, 0.6) is 0 Å². The number of likely N-dealkylation sites (tertiary alicyclic amines) is 2. The molecule has 2 aliphatic heterocycles. The van der Waals surface area contributed by atoms with Crippen molar-refractivity contribution < 1.29 is 28.8 Å². The van der Waals surface area contributed by atoms with Crippen molar-refractivity contribution in [3.63, 3.8) is 0 Å². The van der Waals surface area contributed by atoms with Crippen LogP contribution in [0.15, 0.2) is 140 Å². The second-order valence-corrected chi connectivity index (χ2v) is 16.0. The number of amides is 6. The van der Waals surface area contributed by atoms with Gasteiger partial charge in [-0.1, -0.05) is 103 Å². The van der Waals surface area contributed by atoms with Gasteiger partial charge < -0.3 is 36.0 Å². The highest BCUT2D eigenvalue weighted by atomic mass is 16.2. The monoisotopic (exact) mass is 847 g/mol. The van der Waals surface area contributed by atoms with Crippen LogP contribution in [0, 0.1) is 0 Å². The lowest BCUT2D eigenvalue weighted by Gasteiger charge is -2.29. The van der Waals surface area contributed by atoms with Gasteiger partial charge in [0.25, 0.3) is 0 Å². The summed E-state index contributed by atoms with van der Waals surface area (Å²) in [6.45, 7) is 4.73. The smallest absolute Gasteiger partial charge is 0.250 e. The average molecular weight is 848 g/mol. The van der Waals surface area contributed by atoms with Crippen molar-refractivity contribution in [3.05, 3.63) is 162 Å². The van der Waals surface area contributed by atoms with Crippen molar-refractivity contribution in [2.75, 3.05) is 28.6 Å². The molecule has 4 atom stereocenters. The molecule has 4 unspecified atom stereocenters. The van der Waals surface area contributed by atoms with Gasteiger partial charge in [-0.15, -0.1) is 0 Å². The Morgan fingerprint density at radius 2 is 0.889 bits per heavy atom. The fraction of sp³-hybridized carbons (Fsp3) is 0.280. The third kappa shape index (κ3) is 11.2. The van der Waals surface area contributed by atoms with E-state index in [0.717, 1.165) is 16.8 Å². The minimum atomic E-state index is -0.883. The number of anilines is 3. The standard InChI is InChI=1S/C50H53N7O6/c1-34(58)51-45(38-14-6-3-7-15-38)49(62)56-30-12-20-43(56)47(60)53-40-26-22-36(23-27-40)32-55(42-18-10-5-11-19-42)33-37-24-28-41(29-25-37)54-48(61)44-21-13-31-57(44)50(63)46(52-35(2)59)39-16-8-4-9-17-39/h3-11,14-19,22-29,43-46H,12-13,20-21,30-33H2,1-2H3,(H,51,58)(H,52,59)(H,53,60)(H,54,61). The zero-order valence-electron chi connectivity index (χ0n) is 35.5. The largest absolute Gasteiger partial charge is 0.363 e. The number of rotatable bonds is 15. The molecule has 5 aromatic rings. The van der Waals surface area contributed by atoms with E-state index in [2.05, 4.69) is 38.3 Å². The third-order valence-corrected chi connectivity index (χ3v) is 11.4. The molecule has 2 fully saturated rings. The lowest BCUT2D eigenvalue weighted by Crippen LogP contribution is -2.48. The van der Waals surface area contributed by atoms with E-state index in [0.29, 0.717) is 74.4 Å². The number of nitrogens with one attached hydrogen (secondary N) is 4. The number of para-hydroxylation sites is 1. The summed E-state index contributed by atoms with van der Waals surface area (Å²) in [5.74, 6) is -1.84. The van der Waals surface area contributed by atoms with Crippen LogP contribution in [0.1, 0.15) is 73.9 Å². The molecule has 0 saturated carbocycles. The van der Waals surface area contributed by atoms with E-state index < -0.39 is 24.2 Å². The van der Waals surface area contributed by atoms with Crippen LogP contribution in [0.2, 0.25) is 0 Å². The molecule has 13 heteroatoms. The lowest BCUT2D eigenvalue weighted by atomic mass is 10.0. The summed E-state index contributed by atoms with van der Waals surface area (Å²) in [7, 11) is 0. The van der Waals surface area contributed by atoms with Gasteiger partial charge in [0.2, 0.25) is 35.4 Å². The summed E-state index contributed by atoms with van der Waals surface area (Å²) in [5, 5.41) is 11.5. The zero-order chi connectivity index (χ0) is 44.3. The zero-order valence-corrected chi connectivity index (χ0v) is 35.5. The van der Waals surface area contributed by atoms with Gasteiger partial charge in [0, 0.05) is 57.1 Å². The summed E-state index contributed by atoms with van der Waals surface area (Å²) in [4.78, 5) is 84.2. The molecule has 13 nitrogen and oxygen atoms in total. The maximum Gasteiger partial charge on any atom is 0.250 e. The van der Waals surface area contributed by atoms with Crippen LogP contribution in [0.3, 0.4) is 0 Å². The molecule has 0 radical (unpaired) electrons. The molecular formula is C50H53N7O6. The number of benzene rings is 5. The van der Waals surface area contributed by atoms with Gasteiger partial charge in [0.15, 0.2) is 0 Å². The molecule has 2 aliphatic rings. The van der Waals surface area contributed by atoms with E-state index in [1.807, 2.05) is 103 Å². The summed E-state index contributed by atoms with van der Waals surface area (Å²) >= 11 is 0. The topological polar surface area (TPSA) is 160 Å². The first-order valence-electron chi connectivity index (χ1n) is 21.4. The van der Waals surface area contributed by atoms with E-state index in [1.165, 1.54) is 13.8 Å².